The van der Waals surface area contributed by atoms with Crippen LogP contribution in [-0.4, -0.2) is 80.4 Å². The molecule has 2 atom stereocenters. The molecule has 0 radical (unpaired) electrons. The monoisotopic (exact) mass is 602 g/mol. The van der Waals surface area contributed by atoms with Crippen molar-refractivity contribution in [1.29, 1.82) is 0 Å². The third kappa shape index (κ3) is 11.0. The van der Waals surface area contributed by atoms with E-state index in [1.54, 1.807) is 24.3 Å². The average Bonchev–Trinajstić information content (AvgIpc) is 2.97. The minimum Gasteiger partial charge on any atom is -0.367 e. The van der Waals surface area contributed by atoms with E-state index in [0.29, 0.717) is 24.3 Å². The molecule has 1 aliphatic carbocycles. The van der Waals surface area contributed by atoms with Gasteiger partial charge in [0.1, 0.15) is 18.1 Å². The first-order valence-corrected chi connectivity index (χ1v) is 14.8. The second-order valence-electron chi connectivity index (χ2n) is 12.1. The summed E-state index contributed by atoms with van der Waals surface area (Å²) in [5, 5.41) is 6.20. The minimum absolute atomic E-state index is 0.0257. The number of rotatable bonds is 9. The van der Waals surface area contributed by atoms with Gasteiger partial charge >= 0.3 is 6.18 Å². The molecule has 1 saturated carbocycles. The summed E-state index contributed by atoms with van der Waals surface area (Å²) in [4.78, 5) is 24.6. The highest BCUT2D eigenvalue weighted by Gasteiger charge is 2.39. The number of nitrogens with zero attached hydrogens (tertiary/aromatic N) is 4. The Morgan fingerprint density at radius 1 is 1.05 bits per heavy atom. The molecule has 2 unspecified atom stereocenters. The van der Waals surface area contributed by atoms with E-state index in [0.717, 1.165) is 57.0 Å². The Bertz CT molecular complexity index is 1130. The van der Waals surface area contributed by atoms with Crippen LogP contribution in [0, 0.1) is 11.3 Å². The van der Waals surface area contributed by atoms with Gasteiger partial charge in [-0.3, -0.25) is 9.79 Å². The zero-order valence-corrected chi connectivity index (χ0v) is 26.3. The molecule has 7 nitrogen and oxygen atoms in total. The summed E-state index contributed by atoms with van der Waals surface area (Å²) in [7, 11) is 2.03. The fourth-order valence-corrected chi connectivity index (χ4v) is 5.14. The lowest BCUT2D eigenvalue weighted by Gasteiger charge is -2.36. The molecule has 1 aromatic rings. The number of carbonyl (C=O) groups is 1. The number of amidine groups is 1. The molecule has 0 bridgehead atoms. The Morgan fingerprint density at radius 2 is 1.65 bits per heavy atom. The van der Waals surface area contributed by atoms with Crippen LogP contribution in [-0.2, 0) is 0 Å². The standard InChI is InChI=1S/C31H45F3N6O.C2H4/c1-22(30(2,3)4)19-24-9-7-8-10-27(24)38-28(26(20-35-5)31(32,33)34)37-21-36-25-13-11-23(12-14-25)29(41)40-17-15-39(6)16-18-40;1-2/h11-14,20,24,27,36H,1,5,7-10,15-19,21H2,2-4,6H3,(H,37,38);1-2H2/b26-20+;. The van der Waals surface area contributed by atoms with Crippen LogP contribution in [0.2, 0.25) is 0 Å². The lowest BCUT2D eigenvalue weighted by atomic mass is 9.75. The predicted molar refractivity (Wildman–Crippen MR) is 173 cm³/mol. The Kier molecular flexibility index (Phi) is 13.7. The normalized spacial score (nSPS) is 20.5. The van der Waals surface area contributed by atoms with Gasteiger partial charge in [0.2, 0.25) is 0 Å². The van der Waals surface area contributed by atoms with Gasteiger partial charge in [-0.2, -0.15) is 13.2 Å². The number of carbonyl (C=O) groups excluding carboxylic acids is 1. The Labute approximate surface area is 255 Å². The summed E-state index contributed by atoms with van der Waals surface area (Å²) in [6.07, 6.45) is 0.459. The maximum Gasteiger partial charge on any atom is 0.421 e. The van der Waals surface area contributed by atoms with Gasteiger partial charge in [-0.05, 0) is 68.6 Å². The van der Waals surface area contributed by atoms with Crippen LogP contribution in [0.1, 0.15) is 63.2 Å². The van der Waals surface area contributed by atoms with Crippen molar-refractivity contribution in [3.8, 4) is 0 Å². The highest BCUT2D eigenvalue weighted by Crippen LogP contribution is 2.36. The van der Waals surface area contributed by atoms with E-state index in [2.05, 4.69) is 72.7 Å². The van der Waals surface area contributed by atoms with Gasteiger partial charge in [0.25, 0.3) is 5.91 Å². The molecule has 0 aromatic heterocycles. The number of aliphatic imine (C=N–C) groups is 2. The zero-order chi connectivity index (χ0) is 32.2. The number of anilines is 1. The second-order valence-corrected chi connectivity index (χ2v) is 12.1. The van der Waals surface area contributed by atoms with Gasteiger partial charge in [0.15, 0.2) is 0 Å². The van der Waals surface area contributed by atoms with Gasteiger partial charge in [0.05, 0.1) is 0 Å². The molecule has 2 N–H and O–H groups in total. The summed E-state index contributed by atoms with van der Waals surface area (Å²) < 4.78 is 42.2. The summed E-state index contributed by atoms with van der Waals surface area (Å²) in [6.45, 7) is 22.8. The molecule has 238 valence electrons. The van der Waals surface area contributed by atoms with Gasteiger partial charge in [0, 0.05) is 49.7 Å². The first-order valence-electron chi connectivity index (χ1n) is 14.8. The van der Waals surface area contributed by atoms with Crippen molar-refractivity contribution in [2.45, 2.75) is 65.1 Å². The topological polar surface area (TPSA) is 72.3 Å². The molecule has 1 saturated heterocycles. The number of amides is 1. The maximum absolute atomic E-state index is 14.1. The lowest BCUT2D eigenvalue weighted by molar-refractivity contribution is -0.0866. The van der Waals surface area contributed by atoms with E-state index in [9.17, 15) is 18.0 Å². The molecule has 1 amide bonds. The van der Waals surface area contributed by atoms with Crippen molar-refractivity contribution < 1.29 is 18.0 Å². The van der Waals surface area contributed by atoms with Crippen LogP contribution in [0.15, 0.2) is 71.3 Å². The van der Waals surface area contributed by atoms with E-state index in [-0.39, 0.29) is 35.8 Å². The third-order valence-corrected chi connectivity index (χ3v) is 8.02. The van der Waals surface area contributed by atoms with E-state index in [4.69, 9.17) is 0 Å². The van der Waals surface area contributed by atoms with Crippen LogP contribution >= 0.6 is 0 Å². The number of alkyl halides is 3. The number of benzene rings is 1. The second kappa shape index (κ2) is 16.4. The highest BCUT2D eigenvalue weighted by atomic mass is 19.4. The molecule has 1 aromatic carbocycles. The fourth-order valence-electron chi connectivity index (χ4n) is 5.14. The first kappa shape index (κ1) is 35.8. The lowest BCUT2D eigenvalue weighted by Crippen LogP contribution is -2.47. The SMILES string of the molecule is C=C.C=N/C=C(\C(=N/CNc1ccc(C(=O)N2CCN(C)CC2)cc1)NC1CCCCC1CC(=C)C(C)(C)C)C(F)(F)F. The number of piperazine rings is 1. The number of allylic oxidation sites excluding steroid dienone is 1. The van der Waals surface area contributed by atoms with Crippen molar-refractivity contribution in [3.63, 3.8) is 0 Å². The fraction of sp³-hybridized carbons (Fsp3) is 0.545. The van der Waals surface area contributed by atoms with Crippen molar-refractivity contribution in [3.05, 3.63) is 66.9 Å². The van der Waals surface area contributed by atoms with E-state index < -0.39 is 11.7 Å². The van der Waals surface area contributed by atoms with Crippen LogP contribution in [0.4, 0.5) is 18.9 Å². The van der Waals surface area contributed by atoms with Gasteiger partial charge in [-0.25, -0.2) is 4.99 Å². The van der Waals surface area contributed by atoms with Crippen molar-refractivity contribution in [2.24, 2.45) is 21.3 Å². The van der Waals surface area contributed by atoms with Crippen molar-refractivity contribution in [2.75, 3.05) is 45.2 Å². The molecule has 0 spiro atoms. The molecule has 1 aliphatic heterocycles. The quantitative estimate of drug-likeness (QED) is 0.183. The van der Waals surface area contributed by atoms with Crippen LogP contribution < -0.4 is 10.6 Å². The maximum atomic E-state index is 14.1. The zero-order valence-electron chi connectivity index (χ0n) is 26.3. The predicted octanol–water partition coefficient (Wildman–Crippen LogP) is 6.93. The third-order valence-electron chi connectivity index (χ3n) is 8.02. The van der Waals surface area contributed by atoms with Crippen LogP contribution in [0.25, 0.3) is 0 Å². The summed E-state index contributed by atoms with van der Waals surface area (Å²) in [6, 6.07) is 6.77. The molecule has 2 fully saturated rings. The Hall–Kier alpha value is -3.40. The van der Waals surface area contributed by atoms with Crippen LogP contribution in [0.3, 0.4) is 0 Å². The molecule has 2 aliphatic rings. The summed E-state index contributed by atoms with van der Waals surface area (Å²) >= 11 is 0. The van der Waals surface area contributed by atoms with Gasteiger partial charge in [-0.1, -0.05) is 45.8 Å². The number of hydrogen-bond acceptors (Lipinski definition) is 5. The molecular weight excluding hydrogens is 553 g/mol. The summed E-state index contributed by atoms with van der Waals surface area (Å²) in [5.41, 5.74) is 1.29. The smallest absolute Gasteiger partial charge is 0.367 e. The van der Waals surface area contributed by atoms with Crippen LogP contribution in [0.5, 0.6) is 0 Å². The van der Waals surface area contributed by atoms with Gasteiger partial charge < -0.3 is 20.4 Å². The van der Waals surface area contributed by atoms with Gasteiger partial charge in [-0.15, -0.1) is 13.2 Å². The van der Waals surface area contributed by atoms with E-state index in [1.807, 2.05) is 11.9 Å². The largest absolute Gasteiger partial charge is 0.421 e. The first-order chi connectivity index (χ1) is 20.3. The molecule has 43 heavy (non-hydrogen) atoms. The average molecular weight is 603 g/mol. The molecule has 3 rings (SSSR count). The Balaban J connectivity index is 0.00000316. The highest BCUT2D eigenvalue weighted by molar-refractivity contribution is 5.99. The molecule has 1 heterocycles. The minimum atomic E-state index is -4.66. The number of nitrogens with one attached hydrogen (secondary N) is 2. The number of likely N-dealkylation sites (N-methyl/N-ethyl adjacent to an activating group) is 1. The number of halogens is 3. The summed E-state index contributed by atoms with van der Waals surface area (Å²) in [5.74, 6) is -0.120. The number of hydrogen-bond donors (Lipinski definition) is 2. The van der Waals surface area contributed by atoms with Crippen molar-refractivity contribution >= 4 is 24.1 Å². The molecule has 10 heteroatoms. The van der Waals surface area contributed by atoms with E-state index >= 15 is 0 Å². The van der Waals surface area contributed by atoms with Crippen molar-refractivity contribution in [1.82, 2.24) is 15.1 Å². The molecular formula is C33H49F3N6O. The van der Waals surface area contributed by atoms with E-state index in [1.165, 1.54) is 0 Å². The Morgan fingerprint density at radius 3 is 2.21 bits per heavy atom.